The van der Waals surface area contributed by atoms with Crippen LogP contribution in [-0.4, -0.2) is 60.1 Å². The Bertz CT molecular complexity index is 1080. The first-order valence-electron chi connectivity index (χ1n) is 10.7. The molecule has 33 heavy (non-hydrogen) atoms. The topological polar surface area (TPSA) is 99.7 Å². The highest BCUT2D eigenvalue weighted by Crippen LogP contribution is 2.19. The number of pyridine rings is 1. The Kier molecular flexibility index (Phi) is 7.36. The molecule has 4 rings (SSSR count). The molecule has 3 amide bonds. The number of ether oxygens (including phenoxy) is 1. The van der Waals surface area contributed by atoms with Crippen molar-refractivity contribution < 1.29 is 14.3 Å². The van der Waals surface area contributed by atoms with Crippen LogP contribution in [-0.2, 0) is 17.8 Å². The minimum absolute atomic E-state index is 0.143. The first kappa shape index (κ1) is 22.5. The van der Waals surface area contributed by atoms with Crippen LogP contribution in [0.3, 0.4) is 0 Å². The number of carbonyl (C=O) groups excluding carboxylic acids is 2. The minimum atomic E-state index is -0.183. The third-order valence-corrected chi connectivity index (χ3v) is 6.12. The van der Waals surface area contributed by atoms with Gasteiger partial charge in [-0.15, -0.1) is 11.3 Å². The number of nitrogens with zero attached hydrogens (tertiary/aromatic N) is 4. The SMILES string of the molecule is COc1ccccc1CNC(=O)Cc1csc(NC(=O)N2CCN(c3ccccn3)CC2)n1. The average molecular weight is 467 g/mol. The van der Waals surface area contributed by atoms with E-state index in [1.807, 2.05) is 42.5 Å². The predicted molar refractivity (Wildman–Crippen MR) is 128 cm³/mol. The Morgan fingerprint density at radius 3 is 2.64 bits per heavy atom. The van der Waals surface area contributed by atoms with Gasteiger partial charge in [0.05, 0.1) is 19.2 Å². The van der Waals surface area contributed by atoms with Crippen LogP contribution in [0.4, 0.5) is 15.7 Å². The second-order valence-electron chi connectivity index (χ2n) is 7.50. The van der Waals surface area contributed by atoms with Crippen molar-refractivity contribution in [2.24, 2.45) is 0 Å². The maximum Gasteiger partial charge on any atom is 0.323 e. The van der Waals surface area contributed by atoms with Crippen molar-refractivity contribution in [3.8, 4) is 5.75 Å². The van der Waals surface area contributed by atoms with Crippen LogP contribution in [0.25, 0.3) is 0 Å². The van der Waals surface area contributed by atoms with Gasteiger partial charge in [-0.2, -0.15) is 0 Å². The van der Waals surface area contributed by atoms with Crippen LogP contribution in [0.15, 0.2) is 54.0 Å². The quantitative estimate of drug-likeness (QED) is 0.556. The predicted octanol–water partition coefficient (Wildman–Crippen LogP) is 2.76. The van der Waals surface area contributed by atoms with E-state index in [0.29, 0.717) is 30.5 Å². The van der Waals surface area contributed by atoms with E-state index in [1.54, 1.807) is 23.6 Å². The van der Waals surface area contributed by atoms with E-state index >= 15 is 0 Å². The summed E-state index contributed by atoms with van der Waals surface area (Å²) in [5.74, 6) is 1.51. The van der Waals surface area contributed by atoms with E-state index in [4.69, 9.17) is 4.74 Å². The molecule has 1 aliphatic rings. The number of aromatic nitrogens is 2. The zero-order valence-corrected chi connectivity index (χ0v) is 19.2. The molecule has 1 saturated heterocycles. The van der Waals surface area contributed by atoms with E-state index in [2.05, 4.69) is 25.5 Å². The molecule has 0 spiro atoms. The molecule has 10 heteroatoms. The Morgan fingerprint density at radius 1 is 1.09 bits per heavy atom. The fraction of sp³-hybridized carbons (Fsp3) is 0.304. The summed E-state index contributed by atoms with van der Waals surface area (Å²) in [6, 6.07) is 13.2. The van der Waals surface area contributed by atoms with E-state index in [-0.39, 0.29) is 18.4 Å². The summed E-state index contributed by atoms with van der Waals surface area (Å²) in [6.07, 6.45) is 1.91. The lowest BCUT2D eigenvalue weighted by molar-refractivity contribution is -0.120. The zero-order chi connectivity index (χ0) is 23.0. The van der Waals surface area contributed by atoms with Crippen LogP contribution in [0.2, 0.25) is 0 Å². The molecule has 0 unspecified atom stereocenters. The van der Waals surface area contributed by atoms with Gasteiger partial charge in [0.1, 0.15) is 11.6 Å². The molecule has 3 heterocycles. The molecule has 1 aliphatic heterocycles. The van der Waals surface area contributed by atoms with Crippen LogP contribution in [0.5, 0.6) is 5.75 Å². The van der Waals surface area contributed by atoms with Crippen molar-refractivity contribution in [3.63, 3.8) is 0 Å². The lowest BCUT2D eigenvalue weighted by atomic mass is 10.2. The third kappa shape index (κ3) is 5.98. The Balaban J connectivity index is 1.23. The minimum Gasteiger partial charge on any atom is -0.496 e. The second-order valence-corrected chi connectivity index (χ2v) is 8.36. The number of hydrogen-bond acceptors (Lipinski definition) is 7. The lowest BCUT2D eigenvalue weighted by Gasteiger charge is -2.35. The van der Waals surface area contributed by atoms with Gasteiger partial charge in [0.15, 0.2) is 5.13 Å². The highest BCUT2D eigenvalue weighted by atomic mass is 32.1. The summed E-state index contributed by atoms with van der Waals surface area (Å²) < 4.78 is 5.30. The summed E-state index contributed by atoms with van der Waals surface area (Å²) in [7, 11) is 1.60. The first-order chi connectivity index (χ1) is 16.1. The van der Waals surface area contributed by atoms with Gasteiger partial charge in [0.25, 0.3) is 0 Å². The van der Waals surface area contributed by atoms with Crippen LogP contribution in [0.1, 0.15) is 11.3 Å². The van der Waals surface area contributed by atoms with E-state index < -0.39 is 0 Å². The number of urea groups is 1. The van der Waals surface area contributed by atoms with Crippen molar-refractivity contribution in [1.29, 1.82) is 0 Å². The Labute approximate surface area is 196 Å². The fourth-order valence-corrected chi connectivity index (χ4v) is 4.27. The summed E-state index contributed by atoms with van der Waals surface area (Å²) >= 11 is 1.31. The molecule has 9 nitrogen and oxygen atoms in total. The number of carbonyl (C=O) groups is 2. The largest absolute Gasteiger partial charge is 0.496 e. The molecule has 2 aromatic heterocycles. The molecular formula is C23H26N6O3S. The fourth-order valence-electron chi connectivity index (χ4n) is 3.57. The van der Waals surface area contributed by atoms with Crippen LogP contribution < -0.4 is 20.3 Å². The van der Waals surface area contributed by atoms with Gasteiger partial charge in [0, 0.05) is 49.9 Å². The molecule has 0 atom stereocenters. The number of anilines is 2. The molecule has 2 N–H and O–H groups in total. The highest BCUT2D eigenvalue weighted by Gasteiger charge is 2.22. The van der Waals surface area contributed by atoms with Crippen molar-refractivity contribution in [2.45, 2.75) is 13.0 Å². The number of methoxy groups -OCH3 is 1. The molecule has 0 saturated carbocycles. The third-order valence-electron chi connectivity index (χ3n) is 5.32. The summed E-state index contributed by atoms with van der Waals surface area (Å²) in [4.78, 5) is 37.6. The number of para-hydroxylation sites is 1. The smallest absolute Gasteiger partial charge is 0.323 e. The van der Waals surface area contributed by atoms with Crippen LogP contribution >= 0.6 is 11.3 Å². The maximum absolute atomic E-state index is 12.6. The molecule has 0 bridgehead atoms. The summed E-state index contributed by atoms with van der Waals surface area (Å²) in [5.41, 5.74) is 1.52. The molecule has 1 aromatic carbocycles. The van der Waals surface area contributed by atoms with E-state index in [0.717, 1.165) is 30.2 Å². The van der Waals surface area contributed by atoms with E-state index in [9.17, 15) is 9.59 Å². The molecule has 3 aromatic rings. The lowest BCUT2D eigenvalue weighted by Crippen LogP contribution is -2.50. The van der Waals surface area contributed by atoms with Gasteiger partial charge < -0.3 is 19.9 Å². The number of nitrogens with one attached hydrogen (secondary N) is 2. The van der Waals surface area contributed by atoms with Gasteiger partial charge >= 0.3 is 6.03 Å². The average Bonchev–Trinajstić information content (AvgIpc) is 3.30. The van der Waals surface area contributed by atoms with Gasteiger partial charge in [0.2, 0.25) is 5.91 Å². The van der Waals surface area contributed by atoms with Gasteiger partial charge in [-0.3, -0.25) is 10.1 Å². The molecule has 0 aliphatic carbocycles. The standard InChI is InChI=1S/C23H26N6O3S/c1-32-19-7-3-2-6-17(19)15-25-21(30)14-18-16-33-22(26-18)27-23(31)29-12-10-28(11-13-29)20-8-4-5-9-24-20/h2-9,16H,10-15H2,1H3,(H,25,30)(H,26,27,31). The summed E-state index contributed by atoms with van der Waals surface area (Å²) in [6.45, 7) is 3.03. The molecular weight excluding hydrogens is 440 g/mol. The van der Waals surface area contributed by atoms with E-state index in [1.165, 1.54) is 11.3 Å². The number of rotatable bonds is 7. The van der Waals surface area contributed by atoms with Gasteiger partial charge in [-0.1, -0.05) is 24.3 Å². The van der Waals surface area contributed by atoms with Crippen molar-refractivity contribution in [3.05, 3.63) is 65.3 Å². The maximum atomic E-state index is 12.6. The molecule has 0 radical (unpaired) electrons. The van der Waals surface area contributed by atoms with Crippen molar-refractivity contribution in [1.82, 2.24) is 20.2 Å². The number of hydrogen-bond donors (Lipinski definition) is 2. The Hall–Kier alpha value is -3.66. The van der Waals surface area contributed by atoms with Crippen LogP contribution in [0, 0.1) is 0 Å². The number of amides is 3. The normalized spacial score (nSPS) is 13.5. The second kappa shape index (κ2) is 10.8. The Morgan fingerprint density at radius 2 is 1.88 bits per heavy atom. The highest BCUT2D eigenvalue weighted by molar-refractivity contribution is 7.13. The first-order valence-corrected chi connectivity index (χ1v) is 11.6. The number of thiazole rings is 1. The monoisotopic (exact) mass is 466 g/mol. The van der Waals surface area contributed by atoms with Gasteiger partial charge in [-0.05, 0) is 18.2 Å². The van der Waals surface area contributed by atoms with Crippen molar-refractivity contribution >= 4 is 34.2 Å². The molecule has 1 fully saturated rings. The summed E-state index contributed by atoms with van der Waals surface area (Å²) in [5, 5.41) is 8.00. The number of piperazine rings is 1. The van der Waals surface area contributed by atoms with Gasteiger partial charge in [-0.25, -0.2) is 14.8 Å². The molecule has 172 valence electrons. The number of benzene rings is 1. The van der Waals surface area contributed by atoms with Crippen molar-refractivity contribution in [2.75, 3.05) is 43.5 Å². The zero-order valence-electron chi connectivity index (χ0n) is 18.4.